The van der Waals surface area contributed by atoms with Crippen LogP contribution in [0.1, 0.15) is 9.94 Å². The lowest BCUT2D eigenvalue weighted by atomic mass is 10.5. The second-order valence-corrected chi connectivity index (χ2v) is 3.26. The number of hydrogen-bond donors (Lipinski definition) is 1. The summed E-state index contributed by atoms with van der Waals surface area (Å²) in [5, 5.41) is 13.0. The number of ether oxygens (including phenoxy) is 1. The smallest absolute Gasteiger partial charge is 0.342 e. The molecule has 0 aliphatic carbocycles. The summed E-state index contributed by atoms with van der Waals surface area (Å²) >= 11 is 4.66. The topological polar surface area (TPSA) is 82.2 Å². The zero-order valence-corrected chi connectivity index (χ0v) is 9.28. The highest BCUT2D eigenvalue weighted by atomic mass is 32.1. The van der Waals surface area contributed by atoms with E-state index in [0.717, 1.165) is 6.20 Å². The molecular weight excluding hydrogens is 232 g/mol. The Bertz CT molecular complexity index is 488. The Labute approximate surface area is 102 Å². The number of nitrogens with one attached hydrogen (secondary N) is 1. The average Bonchev–Trinajstić information content (AvgIpc) is 2.58. The molecule has 1 aromatic heterocycles. The first kappa shape index (κ1) is 8.45. The highest BCUT2D eigenvalue weighted by Crippen LogP contribution is 2.12. The summed E-state index contributed by atoms with van der Waals surface area (Å²) in [5.74, 6) is 0.345. The SMILES string of the molecule is [2H]C([2H])([2H])OC(=S)NCCn1c([N+](=O)[O-])cnc1C. The van der Waals surface area contributed by atoms with E-state index in [-0.39, 0.29) is 24.1 Å². The van der Waals surface area contributed by atoms with Gasteiger partial charge in [-0.25, -0.2) is 9.55 Å². The maximum Gasteiger partial charge on any atom is 0.342 e. The lowest BCUT2D eigenvalue weighted by molar-refractivity contribution is -0.392. The minimum atomic E-state index is -2.61. The van der Waals surface area contributed by atoms with E-state index >= 15 is 0 Å². The summed E-state index contributed by atoms with van der Waals surface area (Å²) in [5.41, 5.74) is 0. The van der Waals surface area contributed by atoms with E-state index in [2.05, 4.69) is 27.3 Å². The second kappa shape index (κ2) is 5.40. The predicted octanol–water partition coefficient (Wildman–Crippen LogP) is 0.621. The monoisotopic (exact) mass is 247 g/mol. The zero-order chi connectivity index (χ0) is 14.6. The fourth-order valence-electron chi connectivity index (χ4n) is 1.18. The molecule has 1 aromatic rings. The van der Waals surface area contributed by atoms with Gasteiger partial charge in [-0.2, -0.15) is 0 Å². The third-order valence-electron chi connectivity index (χ3n) is 1.92. The number of methoxy groups -OCH3 is 1. The van der Waals surface area contributed by atoms with Crippen LogP contribution in [0.5, 0.6) is 0 Å². The van der Waals surface area contributed by atoms with Crippen molar-refractivity contribution in [1.82, 2.24) is 14.9 Å². The summed E-state index contributed by atoms with van der Waals surface area (Å²) in [7, 11) is -2.61. The van der Waals surface area contributed by atoms with Crippen LogP contribution in [0, 0.1) is 17.0 Å². The van der Waals surface area contributed by atoms with Crippen molar-refractivity contribution < 1.29 is 13.8 Å². The van der Waals surface area contributed by atoms with Crippen molar-refractivity contribution in [2.24, 2.45) is 0 Å². The van der Waals surface area contributed by atoms with Crippen LogP contribution in [0.4, 0.5) is 5.82 Å². The van der Waals surface area contributed by atoms with Crippen molar-refractivity contribution in [3.63, 3.8) is 0 Å². The lowest BCUT2D eigenvalue weighted by Crippen LogP contribution is -2.27. The molecule has 0 fully saturated rings. The van der Waals surface area contributed by atoms with Gasteiger partial charge in [0.05, 0.1) is 17.7 Å². The Hall–Kier alpha value is -1.70. The number of aryl methyl sites for hydroxylation is 1. The van der Waals surface area contributed by atoms with Gasteiger partial charge in [-0.3, -0.25) is 0 Å². The van der Waals surface area contributed by atoms with Crippen molar-refractivity contribution >= 4 is 23.2 Å². The number of imidazole rings is 1. The van der Waals surface area contributed by atoms with Crippen LogP contribution in [0.2, 0.25) is 0 Å². The Morgan fingerprint density at radius 1 is 1.94 bits per heavy atom. The van der Waals surface area contributed by atoms with Crippen molar-refractivity contribution in [2.45, 2.75) is 13.5 Å². The third-order valence-corrected chi connectivity index (χ3v) is 2.15. The summed E-state index contributed by atoms with van der Waals surface area (Å²) in [6.07, 6.45) is 1.16. The molecule has 0 unspecified atom stereocenters. The van der Waals surface area contributed by atoms with E-state index in [1.165, 1.54) is 4.57 Å². The van der Waals surface area contributed by atoms with Crippen LogP contribution in [0.3, 0.4) is 0 Å². The number of aromatic nitrogens is 2. The van der Waals surface area contributed by atoms with Gasteiger partial charge in [0.2, 0.25) is 0 Å². The van der Waals surface area contributed by atoms with Crippen molar-refractivity contribution in [3.8, 4) is 0 Å². The molecule has 0 amide bonds. The summed E-state index contributed by atoms with van der Waals surface area (Å²) in [6.45, 7) is 2.03. The van der Waals surface area contributed by atoms with Crippen LogP contribution < -0.4 is 5.32 Å². The first-order valence-electron chi connectivity index (χ1n) is 5.84. The minimum Gasteiger partial charge on any atom is -0.474 e. The van der Waals surface area contributed by atoms with E-state index in [4.69, 9.17) is 4.11 Å². The van der Waals surface area contributed by atoms with E-state index in [1.807, 2.05) is 0 Å². The molecule has 0 aliphatic heterocycles. The quantitative estimate of drug-likeness (QED) is 0.477. The van der Waals surface area contributed by atoms with Crippen LogP contribution >= 0.6 is 12.2 Å². The molecule has 16 heavy (non-hydrogen) atoms. The van der Waals surface area contributed by atoms with Gasteiger partial charge in [0.15, 0.2) is 5.82 Å². The van der Waals surface area contributed by atoms with Gasteiger partial charge in [-0.15, -0.1) is 0 Å². The van der Waals surface area contributed by atoms with Crippen molar-refractivity contribution in [3.05, 3.63) is 22.1 Å². The fraction of sp³-hybridized carbons (Fsp3) is 0.500. The van der Waals surface area contributed by atoms with E-state index in [9.17, 15) is 10.1 Å². The molecule has 0 spiro atoms. The van der Waals surface area contributed by atoms with Gasteiger partial charge in [0.25, 0.3) is 5.17 Å². The summed E-state index contributed by atoms with van der Waals surface area (Å²) < 4.78 is 26.3. The third kappa shape index (κ3) is 2.89. The van der Waals surface area contributed by atoms with Gasteiger partial charge in [0, 0.05) is 6.92 Å². The molecule has 1 N–H and O–H groups in total. The van der Waals surface area contributed by atoms with Gasteiger partial charge in [-0.05, 0) is 17.1 Å². The van der Waals surface area contributed by atoms with Crippen LogP contribution in [-0.4, -0.2) is 33.2 Å². The molecule has 1 rings (SSSR count). The first-order valence-corrected chi connectivity index (χ1v) is 4.75. The molecule has 0 bridgehead atoms. The molecule has 1 heterocycles. The average molecular weight is 247 g/mol. The zero-order valence-electron chi connectivity index (χ0n) is 11.5. The largest absolute Gasteiger partial charge is 0.474 e. The van der Waals surface area contributed by atoms with Gasteiger partial charge in [0.1, 0.15) is 12.7 Å². The van der Waals surface area contributed by atoms with Gasteiger partial charge < -0.3 is 20.2 Å². The van der Waals surface area contributed by atoms with E-state index in [1.54, 1.807) is 6.92 Å². The number of nitrogens with zero attached hydrogens (tertiary/aromatic N) is 3. The molecule has 0 atom stereocenters. The lowest BCUT2D eigenvalue weighted by Gasteiger charge is -2.06. The normalized spacial score (nSPS) is 13.4. The summed E-state index contributed by atoms with van der Waals surface area (Å²) in [6, 6.07) is 0. The molecule has 0 saturated heterocycles. The van der Waals surface area contributed by atoms with Crippen molar-refractivity contribution in [1.29, 1.82) is 0 Å². The number of hydrogen-bond acceptors (Lipinski definition) is 5. The number of thiocarbonyl (C=S) groups is 1. The van der Waals surface area contributed by atoms with Crippen molar-refractivity contribution in [2.75, 3.05) is 13.6 Å². The Morgan fingerprint density at radius 2 is 2.69 bits per heavy atom. The van der Waals surface area contributed by atoms with E-state index in [0.29, 0.717) is 5.82 Å². The Morgan fingerprint density at radius 3 is 3.31 bits per heavy atom. The maximum atomic E-state index is 10.7. The molecule has 0 aliphatic rings. The van der Waals surface area contributed by atoms with Crippen LogP contribution in [-0.2, 0) is 11.3 Å². The Kier molecular flexibility index (Phi) is 2.85. The van der Waals surface area contributed by atoms with E-state index < -0.39 is 12.0 Å². The molecule has 0 aromatic carbocycles. The highest BCUT2D eigenvalue weighted by molar-refractivity contribution is 7.80. The summed E-state index contributed by atoms with van der Waals surface area (Å²) in [4.78, 5) is 14.0. The minimum absolute atomic E-state index is 0.137. The van der Waals surface area contributed by atoms with Crippen LogP contribution in [0.25, 0.3) is 0 Å². The molecule has 0 radical (unpaired) electrons. The number of rotatable bonds is 4. The standard InChI is InChI=1S/C8H12N4O3S/c1-6-10-5-7(12(13)14)11(6)4-3-9-8(16)15-2/h5H,3-4H2,1-2H3,(H,9,16)/i2D3. The molecule has 0 saturated carbocycles. The highest BCUT2D eigenvalue weighted by Gasteiger charge is 2.16. The first-order chi connectivity index (χ1) is 8.70. The van der Waals surface area contributed by atoms with Gasteiger partial charge in [-0.1, -0.05) is 0 Å². The fourth-order valence-corrected chi connectivity index (χ4v) is 1.29. The predicted molar refractivity (Wildman–Crippen MR) is 61.2 cm³/mol. The Balaban J connectivity index is 2.52. The second-order valence-electron chi connectivity index (χ2n) is 2.89. The molecule has 8 heteroatoms. The molecule has 88 valence electrons. The van der Waals surface area contributed by atoms with Gasteiger partial charge >= 0.3 is 5.82 Å². The molecular formula is C8H12N4O3S. The van der Waals surface area contributed by atoms with Crippen LogP contribution in [0.15, 0.2) is 6.20 Å². The maximum absolute atomic E-state index is 10.7. The number of nitro groups is 1. The molecule has 7 nitrogen and oxygen atoms in total.